The van der Waals surface area contributed by atoms with Crippen LogP contribution in [0.2, 0.25) is 0 Å². The van der Waals surface area contributed by atoms with Crippen molar-refractivity contribution in [3.63, 3.8) is 0 Å². The molecule has 17 heavy (non-hydrogen) atoms. The molecule has 0 unspecified atom stereocenters. The fourth-order valence-corrected chi connectivity index (χ4v) is 1.49. The molecule has 2 aromatic carbocycles. The van der Waals surface area contributed by atoms with Crippen molar-refractivity contribution in [1.82, 2.24) is 0 Å². The zero-order chi connectivity index (χ0) is 11.9. The van der Waals surface area contributed by atoms with Crippen molar-refractivity contribution in [1.29, 1.82) is 0 Å². The first-order chi connectivity index (χ1) is 8.40. The van der Waals surface area contributed by atoms with E-state index in [1.165, 1.54) is 0 Å². The maximum atomic E-state index is 4.61. The van der Waals surface area contributed by atoms with Gasteiger partial charge in [-0.05, 0) is 36.5 Å². The molecule has 80 valence electrons. The second kappa shape index (κ2) is 5.77. The van der Waals surface area contributed by atoms with Gasteiger partial charge in [0.1, 0.15) is 0 Å². The highest BCUT2D eigenvalue weighted by Gasteiger charge is 1.94. The first-order valence-electron chi connectivity index (χ1n) is 5.14. The summed E-state index contributed by atoms with van der Waals surface area (Å²) in [6, 6.07) is 17.5. The molecule has 0 aliphatic heterocycles. The van der Waals surface area contributed by atoms with Crippen LogP contribution in [-0.2, 0) is 0 Å². The van der Waals surface area contributed by atoms with Crippen LogP contribution < -0.4 is 0 Å². The molecule has 0 amide bonds. The third-order valence-corrected chi connectivity index (χ3v) is 2.28. The van der Waals surface area contributed by atoms with Crippen LogP contribution in [-0.4, -0.2) is 5.16 Å². The summed E-state index contributed by atoms with van der Waals surface area (Å²) in [5, 5.41) is 2.36. The number of thiocarbonyl (C=S) groups is 1. The predicted octanol–water partition coefficient (Wildman–Crippen LogP) is 3.82. The average Bonchev–Trinajstić information content (AvgIpc) is 2.39. The molecule has 0 heterocycles. The standard InChI is InChI=1S/C15H9NS/c17-12-16-15-9-5-4-8-14(15)11-10-13-6-2-1-3-7-13/h1-9H. The van der Waals surface area contributed by atoms with Gasteiger partial charge in [-0.3, -0.25) is 0 Å². The summed E-state index contributed by atoms with van der Waals surface area (Å²) in [6.45, 7) is 0. The Bertz CT molecular complexity index is 614. The lowest BCUT2D eigenvalue weighted by Gasteiger charge is -1.94. The predicted molar refractivity (Wildman–Crippen MR) is 73.6 cm³/mol. The number of rotatable bonds is 1. The van der Waals surface area contributed by atoms with E-state index in [4.69, 9.17) is 0 Å². The van der Waals surface area contributed by atoms with Crippen molar-refractivity contribution in [2.75, 3.05) is 0 Å². The summed E-state index contributed by atoms with van der Waals surface area (Å²) in [5.74, 6) is 6.17. The van der Waals surface area contributed by atoms with E-state index >= 15 is 0 Å². The molecule has 0 fully saturated rings. The Hall–Kier alpha value is -2.20. The minimum atomic E-state index is 0.755. The van der Waals surface area contributed by atoms with Crippen molar-refractivity contribution in [2.45, 2.75) is 0 Å². The summed E-state index contributed by atoms with van der Waals surface area (Å²) in [5.41, 5.74) is 2.59. The Morgan fingerprint density at radius 2 is 1.53 bits per heavy atom. The van der Waals surface area contributed by atoms with Crippen molar-refractivity contribution in [3.05, 3.63) is 65.7 Å². The SMILES string of the molecule is S=C=Nc1ccccc1C#Cc1ccccc1. The molecule has 0 aliphatic carbocycles. The van der Waals surface area contributed by atoms with Gasteiger partial charge in [0.25, 0.3) is 0 Å². The molecule has 0 saturated heterocycles. The van der Waals surface area contributed by atoms with Crippen LogP contribution in [0.15, 0.2) is 59.6 Å². The van der Waals surface area contributed by atoms with E-state index in [0.717, 1.165) is 16.8 Å². The Balaban J connectivity index is 2.37. The van der Waals surface area contributed by atoms with Crippen LogP contribution in [0, 0.1) is 11.8 Å². The van der Waals surface area contributed by atoms with E-state index in [1.54, 1.807) is 0 Å². The zero-order valence-corrected chi connectivity index (χ0v) is 9.87. The van der Waals surface area contributed by atoms with E-state index in [-0.39, 0.29) is 0 Å². The number of aliphatic imine (C=N–C) groups is 1. The first-order valence-corrected chi connectivity index (χ1v) is 5.55. The molecule has 0 saturated carbocycles. The van der Waals surface area contributed by atoms with Crippen LogP contribution in [0.4, 0.5) is 5.69 Å². The third-order valence-electron chi connectivity index (χ3n) is 2.19. The summed E-state index contributed by atoms with van der Waals surface area (Å²) in [6.07, 6.45) is 0. The summed E-state index contributed by atoms with van der Waals surface area (Å²) < 4.78 is 0. The minimum Gasteiger partial charge on any atom is -0.193 e. The van der Waals surface area contributed by atoms with Crippen LogP contribution in [0.5, 0.6) is 0 Å². The normalized spacial score (nSPS) is 8.71. The molecule has 0 atom stereocenters. The molecule has 2 rings (SSSR count). The van der Waals surface area contributed by atoms with Gasteiger partial charge in [0.05, 0.1) is 16.4 Å². The number of benzene rings is 2. The topological polar surface area (TPSA) is 12.4 Å². The molecule has 0 aliphatic rings. The Morgan fingerprint density at radius 3 is 2.29 bits per heavy atom. The molecule has 1 nitrogen and oxygen atoms in total. The highest BCUT2D eigenvalue weighted by molar-refractivity contribution is 7.78. The van der Waals surface area contributed by atoms with Crippen molar-refractivity contribution in [3.8, 4) is 11.8 Å². The molecular formula is C15H9NS. The number of hydrogen-bond acceptors (Lipinski definition) is 2. The lowest BCUT2D eigenvalue weighted by Crippen LogP contribution is -1.76. The van der Waals surface area contributed by atoms with Crippen molar-refractivity contribution in [2.24, 2.45) is 4.99 Å². The quantitative estimate of drug-likeness (QED) is 0.416. The molecule has 0 radical (unpaired) electrons. The van der Waals surface area contributed by atoms with E-state index in [9.17, 15) is 0 Å². The monoisotopic (exact) mass is 235 g/mol. The zero-order valence-electron chi connectivity index (χ0n) is 9.05. The van der Waals surface area contributed by atoms with E-state index in [2.05, 4.69) is 34.2 Å². The molecule has 0 aromatic heterocycles. The molecular weight excluding hydrogens is 226 g/mol. The van der Waals surface area contributed by atoms with Crippen LogP contribution in [0.25, 0.3) is 0 Å². The molecule has 0 bridgehead atoms. The summed E-state index contributed by atoms with van der Waals surface area (Å²) >= 11 is 4.61. The van der Waals surface area contributed by atoms with Gasteiger partial charge in [-0.2, -0.15) is 4.99 Å². The maximum Gasteiger partial charge on any atom is 0.0896 e. The fraction of sp³-hybridized carbons (Fsp3) is 0. The molecule has 0 spiro atoms. The van der Waals surface area contributed by atoms with Gasteiger partial charge in [0, 0.05) is 5.56 Å². The van der Waals surface area contributed by atoms with Gasteiger partial charge in [-0.1, -0.05) is 42.2 Å². The van der Waals surface area contributed by atoms with E-state index < -0.39 is 0 Å². The second-order valence-corrected chi connectivity index (χ2v) is 3.52. The third kappa shape index (κ3) is 3.12. The van der Waals surface area contributed by atoms with E-state index in [0.29, 0.717) is 0 Å². The fourth-order valence-electron chi connectivity index (χ4n) is 1.39. The lowest BCUT2D eigenvalue weighted by molar-refractivity contribution is 1.51. The Morgan fingerprint density at radius 1 is 0.824 bits per heavy atom. The number of nitrogens with zero attached hydrogens (tertiary/aromatic N) is 1. The summed E-state index contributed by atoms with van der Waals surface area (Å²) in [4.78, 5) is 3.98. The van der Waals surface area contributed by atoms with Crippen molar-refractivity contribution < 1.29 is 0 Å². The second-order valence-electron chi connectivity index (χ2n) is 3.34. The Kier molecular flexibility index (Phi) is 3.83. The lowest BCUT2D eigenvalue weighted by atomic mass is 10.1. The smallest absolute Gasteiger partial charge is 0.0896 e. The molecule has 2 heteroatoms. The van der Waals surface area contributed by atoms with Gasteiger partial charge in [-0.15, -0.1) is 0 Å². The maximum absolute atomic E-state index is 4.61. The van der Waals surface area contributed by atoms with E-state index in [1.807, 2.05) is 54.6 Å². The van der Waals surface area contributed by atoms with Gasteiger partial charge >= 0.3 is 0 Å². The van der Waals surface area contributed by atoms with Gasteiger partial charge in [0.2, 0.25) is 0 Å². The van der Waals surface area contributed by atoms with Crippen LogP contribution in [0.3, 0.4) is 0 Å². The molecule has 2 aromatic rings. The summed E-state index contributed by atoms with van der Waals surface area (Å²) in [7, 11) is 0. The number of isothiocyanates is 1. The Labute approximate surface area is 106 Å². The van der Waals surface area contributed by atoms with Gasteiger partial charge in [0.15, 0.2) is 0 Å². The molecule has 0 N–H and O–H groups in total. The highest BCUT2D eigenvalue weighted by Crippen LogP contribution is 2.16. The van der Waals surface area contributed by atoms with Gasteiger partial charge < -0.3 is 0 Å². The number of para-hydroxylation sites is 1. The first kappa shape index (κ1) is 11.3. The van der Waals surface area contributed by atoms with Crippen LogP contribution >= 0.6 is 12.2 Å². The average molecular weight is 235 g/mol. The van der Waals surface area contributed by atoms with Gasteiger partial charge in [-0.25, -0.2) is 0 Å². The largest absolute Gasteiger partial charge is 0.193 e. The number of hydrogen-bond donors (Lipinski definition) is 0. The van der Waals surface area contributed by atoms with Crippen LogP contribution in [0.1, 0.15) is 11.1 Å². The highest BCUT2D eigenvalue weighted by atomic mass is 32.1. The van der Waals surface area contributed by atoms with Crippen molar-refractivity contribution >= 4 is 23.1 Å². The minimum absolute atomic E-state index is 0.755.